The average Bonchev–Trinajstić information content (AvgIpc) is 2.47. The van der Waals surface area contributed by atoms with Gasteiger partial charge in [0.2, 0.25) is 5.88 Å². The Hall–Kier alpha value is -1.52. The maximum absolute atomic E-state index is 5.61. The maximum atomic E-state index is 5.61. The van der Waals surface area contributed by atoms with E-state index in [2.05, 4.69) is 46.5 Å². The molecule has 0 N–H and O–H groups in total. The van der Waals surface area contributed by atoms with Gasteiger partial charge in [-0.05, 0) is 38.0 Å². The van der Waals surface area contributed by atoms with Crippen molar-refractivity contribution >= 4 is 11.8 Å². The zero-order chi connectivity index (χ0) is 14.4. The van der Waals surface area contributed by atoms with Crippen LogP contribution in [0.15, 0.2) is 47.5 Å². The molecule has 20 heavy (non-hydrogen) atoms. The number of rotatable bonds is 6. The van der Waals surface area contributed by atoms with Crippen molar-refractivity contribution in [1.82, 2.24) is 9.88 Å². The van der Waals surface area contributed by atoms with Crippen molar-refractivity contribution in [3.8, 4) is 17.0 Å². The molecule has 1 aromatic carbocycles. The second-order valence-electron chi connectivity index (χ2n) is 4.74. The summed E-state index contributed by atoms with van der Waals surface area (Å²) in [6.07, 6.45) is 3.96. The Morgan fingerprint density at radius 1 is 1.15 bits per heavy atom. The number of hydrogen-bond acceptors (Lipinski definition) is 4. The molecule has 2 rings (SSSR count). The van der Waals surface area contributed by atoms with E-state index in [1.54, 1.807) is 11.8 Å². The lowest BCUT2D eigenvalue weighted by molar-refractivity contribution is 0.254. The molecule has 0 saturated heterocycles. The Morgan fingerprint density at radius 3 is 2.60 bits per heavy atom. The van der Waals surface area contributed by atoms with Crippen LogP contribution in [0.5, 0.6) is 5.88 Å². The van der Waals surface area contributed by atoms with Crippen molar-refractivity contribution in [2.75, 3.05) is 33.5 Å². The molecule has 0 spiro atoms. The zero-order valence-electron chi connectivity index (χ0n) is 12.2. The minimum atomic E-state index is 0.654. The molecule has 1 heterocycles. The van der Waals surface area contributed by atoms with Gasteiger partial charge in [-0.25, -0.2) is 4.98 Å². The van der Waals surface area contributed by atoms with Gasteiger partial charge < -0.3 is 9.64 Å². The number of nitrogens with zero attached hydrogens (tertiary/aromatic N) is 2. The quantitative estimate of drug-likeness (QED) is 0.761. The van der Waals surface area contributed by atoms with Crippen molar-refractivity contribution in [3.05, 3.63) is 42.6 Å². The van der Waals surface area contributed by atoms with Gasteiger partial charge in [0.1, 0.15) is 6.61 Å². The molecule has 4 heteroatoms. The minimum Gasteiger partial charge on any atom is -0.476 e. The molecular formula is C16H20N2OS. The summed E-state index contributed by atoms with van der Waals surface area (Å²) in [4.78, 5) is 7.72. The Kier molecular flexibility index (Phi) is 5.44. The summed E-state index contributed by atoms with van der Waals surface area (Å²) in [5.41, 5.74) is 2.34. The van der Waals surface area contributed by atoms with Gasteiger partial charge in [-0.1, -0.05) is 18.2 Å². The summed E-state index contributed by atoms with van der Waals surface area (Å²) in [5, 5.41) is 0. The van der Waals surface area contributed by atoms with Crippen molar-refractivity contribution in [2.24, 2.45) is 0 Å². The van der Waals surface area contributed by atoms with E-state index in [1.165, 1.54) is 10.5 Å². The van der Waals surface area contributed by atoms with Crippen LogP contribution < -0.4 is 4.74 Å². The summed E-state index contributed by atoms with van der Waals surface area (Å²) in [6, 6.07) is 12.4. The Morgan fingerprint density at radius 2 is 1.95 bits per heavy atom. The highest BCUT2D eigenvalue weighted by atomic mass is 32.2. The number of benzene rings is 1. The monoisotopic (exact) mass is 288 g/mol. The van der Waals surface area contributed by atoms with Crippen LogP contribution in [0.4, 0.5) is 0 Å². The van der Waals surface area contributed by atoms with Gasteiger partial charge in [0, 0.05) is 29.3 Å². The van der Waals surface area contributed by atoms with Gasteiger partial charge in [-0.15, -0.1) is 11.8 Å². The van der Waals surface area contributed by atoms with Crippen LogP contribution in [-0.4, -0.2) is 43.4 Å². The second-order valence-corrected chi connectivity index (χ2v) is 5.59. The molecule has 0 unspecified atom stereocenters. The fourth-order valence-electron chi connectivity index (χ4n) is 1.84. The number of pyridine rings is 1. The smallest absolute Gasteiger partial charge is 0.213 e. The number of ether oxygens (including phenoxy) is 1. The average molecular weight is 288 g/mol. The van der Waals surface area contributed by atoms with Gasteiger partial charge in [-0.3, -0.25) is 0 Å². The fraction of sp³-hybridized carbons (Fsp3) is 0.312. The van der Waals surface area contributed by atoms with Gasteiger partial charge in [-0.2, -0.15) is 0 Å². The number of hydrogen-bond donors (Lipinski definition) is 0. The largest absolute Gasteiger partial charge is 0.476 e. The highest BCUT2D eigenvalue weighted by Crippen LogP contribution is 2.29. The summed E-state index contributed by atoms with van der Waals surface area (Å²) < 4.78 is 5.61. The van der Waals surface area contributed by atoms with E-state index in [1.807, 2.05) is 26.4 Å². The Bertz CT molecular complexity index is 540. The number of likely N-dealkylation sites (N-methyl/N-ethyl adjacent to an activating group) is 1. The molecular weight excluding hydrogens is 268 g/mol. The third kappa shape index (κ3) is 3.99. The lowest BCUT2D eigenvalue weighted by Gasteiger charge is -2.11. The van der Waals surface area contributed by atoms with Crippen LogP contribution in [0.2, 0.25) is 0 Å². The van der Waals surface area contributed by atoms with Gasteiger partial charge in [0.25, 0.3) is 0 Å². The van der Waals surface area contributed by atoms with E-state index in [-0.39, 0.29) is 0 Å². The molecule has 3 nitrogen and oxygen atoms in total. The van der Waals surface area contributed by atoms with E-state index in [0.717, 1.165) is 12.1 Å². The maximum Gasteiger partial charge on any atom is 0.213 e. The first-order valence-electron chi connectivity index (χ1n) is 6.57. The molecule has 0 aliphatic heterocycles. The zero-order valence-corrected chi connectivity index (χ0v) is 13.0. The Labute approximate surface area is 125 Å². The van der Waals surface area contributed by atoms with E-state index in [9.17, 15) is 0 Å². The van der Waals surface area contributed by atoms with Crippen LogP contribution >= 0.6 is 11.8 Å². The molecule has 0 atom stereocenters. The first-order chi connectivity index (χ1) is 9.70. The molecule has 0 radical (unpaired) electrons. The van der Waals surface area contributed by atoms with Gasteiger partial charge >= 0.3 is 0 Å². The topological polar surface area (TPSA) is 25.4 Å². The molecule has 0 saturated carbocycles. The number of thioether (sulfide) groups is 1. The van der Waals surface area contributed by atoms with Crippen molar-refractivity contribution < 1.29 is 4.74 Å². The summed E-state index contributed by atoms with van der Waals surface area (Å²) in [6.45, 7) is 1.54. The highest BCUT2D eigenvalue weighted by molar-refractivity contribution is 7.98. The molecule has 0 amide bonds. The van der Waals surface area contributed by atoms with E-state index >= 15 is 0 Å². The molecule has 2 aromatic rings. The summed E-state index contributed by atoms with van der Waals surface area (Å²) in [7, 11) is 4.05. The minimum absolute atomic E-state index is 0.654. The lowest BCUT2D eigenvalue weighted by atomic mass is 10.1. The first-order valence-corrected chi connectivity index (χ1v) is 7.80. The van der Waals surface area contributed by atoms with Crippen LogP contribution in [0.3, 0.4) is 0 Å². The molecule has 0 fully saturated rings. The van der Waals surface area contributed by atoms with Crippen LogP contribution in [0.1, 0.15) is 0 Å². The predicted molar refractivity (Wildman–Crippen MR) is 85.5 cm³/mol. The second kappa shape index (κ2) is 7.31. The lowest BCUT2D eigenvalue weighted by Crippen LogP contribution is -2.19. The summed E-state index contributed by atoms with van der Waals surface area (Å²) >= 11 is 1.75. The van der Waals surface area contributed by atoms with E-state index < -0.39 is 0 Å². The third-order valence-electron chi connectivity index (χ3n) is 2.94. The van der Waals surface area contributed by atoms with Crippen LogP contribution in [0.25, 0.3) is 11.1 Å². The van der Waals surface area contributed by atoms with E-state index in [0.29, 0.717) is 12.5 Å². The molecule has 0 aliphatic carbocycles. The number of aromatic nitrogens is 1. The van der Waals surface area contributed by atoms with Crippen molar-refractivity contribution in [3.63, 3.8) is 0 Å². The fourth-order valence-corrected chi connectivity index (χ4v) is 2.46. The first kappa shape index (κ1) is 14.9. The SMILES string of the molecule is CSc1ccccc1-c1ccc(OCCN(C)C)nc1. The standard InChI is InChI=1S/C16H20N2OS/c1-18(2)10-11-19-16-9-8-13(12-17-16)14-6-4-5-7-15(14)20-3/h4-9,12H,10-11H2,1-3H3. The van der Waals surface area contributed by atoms with Crippen LogP contribution in [-0.2, 0) is 0 Å². The predicted octanol–water partition coefficient (Wildman–Crippen LogP) is 3.41. The van der Waals surface area contributed by atoms with Gasteiger partial charge in [0.15, 0.2) is 0 Å². The van der Waals surface area contributed by atoms with Crippen LogP contribution in [0, 0.1) is 0 Å². The van der Waals surface area contributed by atoms with E-state index in [4.69, 9.17) is 4.74 Å². The summed E-state index contributed by atoms with van der Waals surface area (Å²) in [5.74, 6) is 0.678. The molecule has 0 bridgehead atoms. The molecule has 106 valence electrons. The van der Waals surface area contributed by atoms with Gasteiger partial charge in [0.05, 0.1) is 0 Å². The Balaban J connectivity index is 2.08. The third-order valence-corrected chi connectivity index (χ3v) is 3.74. The van der Waals surface area contributed by atoms with Crippen molar-refractivity contribution in [1.29, 1.82) is 0 Å². The molecule has 1 aromatic heterocycles. The van der Waals surface area contributed by atoms with Crippen molar-refractivity contribution in [2.45, 2.75) is 4.90 Å². The normalized spacial score (nSPS) is 10.8. The highest BCUT2D eigenvalue weighted by Gasteiger charge is 2.04. The molecule has 0 aliphatic rings.